The Morgan fingerprint density at radius 3 is 2.35 bits per heavy atom. The molecule has 2 aromatic rings. The summed E-state index contributed by atoms with van der Waals surface area (Å²) in [6, 6.07) is 14.3. The van der Waals surface area contributed by atoms with E-state index >= 15 is 0 Å². The Bertz CT molecular complexity index is 985. The van der Waals surface area contributed by atoms with Gasteiger partial charge in [-0.3, -0.25) is 9.59 Å². The molecule has 2 aromatic carbocycles. The van der Waals surface area contributed by atoms with Gasteiger partial charge < -0.3 is 25.6 Å². The number of likely N-dealkylation sites (tertiary alicyclic amines) is 1. The summed E-state index contributed by atoms with van der Waals surface area (Å²) >= 11 is 0. The topological polar surface area (TPSA) is 99.8 Å². The third kappa shape index (κ3) is 7.23. The molecule has 182 valence electrons. The Kier molecular flexibility index (Phi) is 8.90. The number of carbonyl (C=O) groups excluding carboxylic acids is 3. The number of aryl methyl sites for hydroxylation is 1. The average Bonchev–Trinajstić information content (AvgIpc) is 2.81. The number of rotatable bonds is 8. The van der Waals surface area contributed by atoms with Crippen LogP contribution in [0, 0.1) is 6.92 Å². The van der Waals surface area contributed by atoms with Crippen LogP contribution in [0.2, 0.25) is 0 Å². The van der Waals surface area contributed by atoms with Gasteiger partial charge >= 0.3 is 6.03 Å². The second kappa shape index (κ2) is 12.1. The van der Waals surface area contributed by atoms with E-state index in [0.717, 1.165) is 16.9 Å². The van der Waals surface area contributed by atoms with E-state index in [1.807, 2.05) is 62.4 Å². The highest BCUT2D eigenvalue weighted by molar-refractivity contribution is 5.89. The number of carbonyl (C=O) groups is 3. The van der Waals surface area contributed by atoms with Gasteiger partial charge in [0, 0.05) is 38.2 Å². The molecule has 8 heteroatoms. The van der Waals surface area contributed by atoms with Crippen molar-refractivity contribution < 1.29 is 19.1 Å². The first-order valence-electron chi connectivity index (χ1n) is 11.8. The van der Waals surface area contributed by atoms with Gasteiger partial charge in [0.25, 0.3) is 0 Å². The summed E-state index contributed by atoms with van der Waals surface area (Å²) in [6.45, 7) is 7.00. The lowest BCUT2D eigenvalue weighted by molar-refractivity contribution is -0.128. The lowest BCUT2D eigenvalue weighted by Gasteiger charge is -2.33. The minimum absolute atomic E-state index is 0.0462. The number of urea groups is 1. The van der Waals surface area contributed by atoms with Crippen molar-refractivity contribution in [3.8, 4) is 5.75 Å². The Morgan fingerprint density at radius 1 is 1.06 bits per heavy atom. The number of piperidine rings is 1. The van der Waals surface area contributed by atoms with Gasteiger partial charge in [-0.15, -0.1) is 0 Å². The average molecular weight is 467 g/mol. The van der Waals surface area contributed by atoms with Gasteiger partial charge in [-0.1, -0.05) is 24.3 Å². The molecule has 0 radical (unpaired) electrons. The molecular weight excluding hydrogens is 432 g/mol. The number of nitrogens with one attached hydrogen (secondary N) is 3. The van der Waals surface area contributed by atoms with Crippen LogP contribution in [0.1, 0.15) is 37.8 Å². The number of hydrogen-bond acceptors (Lipinski definition) is 4. The zero-order valence-corrected chi connectivity index (χ0v) is 20.1. The van der Waals surface area contributed by atoms with Crippen molar-refractivity contribution in [2.75, 3.05) is 25.0 Å². The number of hydrogen-bond donors (Lipinski definition) is 3. The van der Waals surface area contributed by atoms with E-state index in [0.29, 0.717) is 44.6 Å². The molecule has 0 aromatic heterocycles. The highest BCUT2D eigenvalue weighted by atomic mass is 16.5. The van der Waals surface area contributed by atoms with Crippen LogP contribution in [-0.4, -0.2) is 54.5 Å². The van der Waals surface area contributed by atoms with E-state index in [9.17, 15) is 14.4 Å². The van der Waals surface area contributed by atoms with Gasteiger partial charge in [-0.25, -0.2) is 4.79 Å². The maximum absolute atomic E-state index is 13.0. The molecule has 1 aliphatic heterocycles. The molecule has 1 aliphatic rings. The van der Waals surface area contributed by atoms with Crippen molar-refractivity contribution in [2.45, 2.75) is 52.1 Å². The van der Waals surface area contributed by atoms with E-state index in [2.05, 4.69) is 16.0 Å². The molecular formula is C26H34N4O4. The summed E-state index contributed by atoms with van der Waals surface area (Å²) in [5.74, 6) is 0.322. The fourth-order valence-corrected chi connectivity index (χ4v) is 4.05. The second-order valence-corrected chi connectivity index (χ2v) is 8.54. The summed E-state index contributed by atoms with van der Waals surface area (Å²) in [6.07, 6.45) is 1.74. The van der Waals surface area contributed by atoms with E-state index in [-0.39, 0.29) is 23.9 Å². The molecule has 3 N–H and O–H groups in total. The monoisotopic (exact) mass is 466 g/mol. The highest BCUT2D eigenvalue weighted by Gasteiger charge is 2.27. The molecule has 8 nitrogen and oxygen atoms in total. The van der Waals surface area contributed by atoms with Crippen LogP contribution in [0.25, 0.3) is 0 Å². The van der Waals surface area contributed by atoms with Crippen LogP contribution in [-0.2, 0) is 16.0 Å². The lowest BCUT2D eigenvalue weighted by Crippen LogP contribution is -2.53. The zero-order chi connectivity index (χ0) is 24.5. The normalized spacial score (nSPS) is 14.7. The van der Waals surface area contributed by atoms with Crippen molar-refractivity contribution in [2.24, 2.45) is 0 Å². The van der Waals surface area contributed by atoms with Gasteiger partial charge in [0.05, 0.1) is 6.61 Å². The smallest absolute Gasteiger partial charge is 0.321 e. The molecule has 3 rings (SSSR count). The SMILES string of the molecule is CCOc1ccc(NC(=O)N2CCC(NC(=O)[C@@H](Cc3ccccc3C)NC(C)=O)CC2)cc1. The molecule has 1 heterocycles. The lowest BCUT2D eigenvalue weighted by atomic mass is 9.99. The van der Waals surface area contributed by atoms with Gasteiger partial charge in [0.1, 0.15) is 11.8 Å². The molecule has 0 spiro atoms. The van der Waals surface area contributed by atoms with Crippen molar-refractivity contribution in [3.63, 3.8) is 0 Å². The molecule has 0 bridgehead atoms. The van der Waals surface area contributed by atoms with Crippen molar-refractivity contribution in [1.82, 2.24) is 15.5 Å². The molecule has 0 aliphatic carbocycles. The summed E-state index contributed by atoms with van der Waals surface area (Å²) in [5.41, 5.74) is 2.81. The zero-order valence-electron chi connectivity index (χ0n) is 20.1. The van der Waals surface area contributed by atoms with Crippen LogP contribution in [0.5, 0.6) is 5.75 Å². The number of ether oxygens (including phenoxy) is 1. The molecule has 0 unspecified atom stereocenters. The van der Waals surface area contributed by atoms with E-state index in [4.69, 9.17) is 4.74 Å². The van der Waals surface area contributed by atoms with Gasteiger partial charge in [0.15, 0.2) is 0 Å². The Hall–Kier alpha value is -3.55. The predicted octanol–water partition coefficient (Wildman–Crippen LogP) is 3.25. The third-order valence-electron chi connectivity index (χ3n) is 5.92. The quantitative estimate of drug-likeness (QED) is 0.556. The number of nitrogens with zero attached hydrogens (tertiary/aromatic N) is 1. The first-order chi connectivity index (χ1) is 16.4. The van der Waals surface area contributed by atoms with E-state index < -0.39 is 6.04 Å². The summed E-state index contributed by atoms with van der Waals surface area (Å²) in [7, 11) is 0. The molecule has 1 saturated heterocycles. The fourth-order valence-electron chi connectivity index (χ4n) is 4.05. The van der Waals surface area contributed by atoms with Crippen LogP contribution in [0.4, 0.5) is 10.5 Å². The summed E-state index contributed by atoms with van der Waals surface area (Å²) < 4.78 is 5.42. The number of anilines is 1. The summed E-state index contributed by atoms with van der Waals surface area (Å²) in [4.78, 5) is 39.0. The van der Waals surface area contributed by atoms with Crippen LogP contribution >= 0.6 is 0 Å². The van der Waals surface area contributed by atoms with Gasteiger partial charge in [-0.2, -0.15) is 0 Å². The van der Waals surface area contributed by atoms with Crippen molar-refractivity contribution in [1.29, 1.82) is 0 Å². The predicted molar refractivity (Wildman–Crippen MR) is 132 cm³/mol. The first kappa shape index (κ1) is 25.1. The molecule has 0 saturated carbocycles. The van der Waals surface area contributed by atoms with Crippen molar-refractivity contribution in [3.05, 3.63) is 59.7 Å². The Morgan fingerprint density at radius 2 is 1.74 bits per heavy atom. The summed E-state index contributed by atoms with van der Waals surface area (Å²) in [5, 5.41) is 8.75. The van der Waals surface area contributed by atoms with Crippen molar-refractivity contribution >= 4 is 23.5 Å². The highest BCUT2D eigenvalue weighted by Crippen LogP contribution is 2.18. The number of amides is 4. The molecule has 34 heavy (non-hydrogen) atoms. The maximum atomic E-state index is 13.0. The maximum Gasteiger partial charge on any atom is 0.321 e. The third-order valence-corrected chi connectivity index (χ3v) is 5.92. The van der Waals surface area contributed by atoms with Crippen LogP contribution < -0.4 is 20.7 Å². The fraction of sp³-hybridized carbons (Fsp3) is 0.423. The minimum atomic E-state index is -0.639. The molecule has 1 fully saturated rings. The molecule has 1 atom stereocenters. The Balaban J connectivity index is 1.50. The van der Waals surface area contributed by atoms with Gasteiger partial charge in [-0.05, 0) is 62.1 Å². The second-order valence-electron chi connectivity index (χ2n) is 8.54. The first-order valence-corrected chi connectivity index (χ1v) is 11.8. The largest absolute Gasteiger partial charge is 0.494 e. The Labute approximate surface area is 201 Å². The van der Waals surface area contributed by atoms with Crippen LogP contribution in [0.15, 0.2) is 48.5 Å². The van der Waals surface area contributed by atoms with Gasteiger partial charge in [0.2, 0.25) is 11.8 Å². The van der Waals surface area contributed by atoms with Crippen LogP contribution in [0.3, 0.4) is 0 Å². The van der Waals surface area contributed by atoms with E-state index in [1.54, 1.807) is 4.90 Å². The van der Waals surface area contributed by atoms with E-state index in [1.165, 1.54) is 6.92 Å². The minimum Gasteiger partial charge on any atom is -0.494 e. The standard InChI is InChI=1S/C26H34N4O4/c1-4-34-23-11-9-21(10-12-23)29-26(33)30-15-13-22(14-16-30)28-25(32)24(27-19(3)31)17-20-8-6-5-7-18(20)2/h5-12,22,24H,4,13-17H2,1-3H3,(H,27,31)(H,28,32)(H,29,33)/t24-/m1/s1. The molecule has 4 amide bonds. The number of benzene rings is 2.